The van der Waals surface area contributed by atoms with Crippen molar-refractivity contribution in [1.82, 2.24) is 5.32 Å². The number of phenols is 3. The van der Waals surface area contributed by atoms with Crippen LogP contribution in [0.1, 0.15) is 28.7 Å². The van der Waals surface area contributed by atoms with E-state index >= 15 is 0 Å². The molecule has 0 heterocycles. The third kappa shape index (κ3) is 3.02. The first-order chi connectivity index (χ1) is 10.5. The zero-order valence-corrected chi connectivity index (χ0v) is 12.6. The fourth-order valence-corrected chi connectivity index (χ4v) is 2.98. The van der Waals surface area contributed by atoms with Crippen LogP contribution >= 0.6 is 0 Å². The van der Waals surface area contributed by atoms with Crippen molar-refractivity contribution in [2.75, 3.05) is 0 Å². The summed E-state index contributed by atoms with van der Waals surface area (Å²) in [6.07, 6.45) is 2.72. The number of nitrogens with one attached hydrogen (secondary N) is 1. The predicted octanol–water partition coefficient (Wildman–Crippen LogP) is 2.76. The van der Waals surface area contributed by atoms with Gasteiger partial charge in [0.1, 0.15) is 5.75 Å². The van der Waals surface area contributed by atoms with Crippen molar-refractivity contribution in [1.29, 1.82) is 0 Å². The van der Waals surface area contributed by atoms with E-state index in [0.717, 1.165) is 41.5 Å². The number of benzene rings is 2. The van der Waals surface area contributed by atoms with Crippen LogP contribution in [0.25, 0.3) is 0 Å². The van der Waals surface area contributed by atoms with Gasteiger partial charge in [0, 0.05) is 12.6 Å². The molecule has 0 bridgehead atoms. The van der Waals surface area contributed by atoms with Gasteiger partial charge in [-0.3, -0.25) is 0 Å². The molecule has 1 aliphatic carbocycles. The molecule has 0 radical (unpaired) electrons. The Labute approximate surface area is 130 Å². The second-order valence-corrected chi connectivity index (χ2v) is 6.05. The number of fused-ring (bicyclic) bond motifs is 1. The Kier molecular flexibility index (Phi) is 3.94. The van der Waals surface area contributed by atoms with Crippen molar-refractivity contribution in [2.45, 2.75) is 38.8 Å². The highest BCUT2D eigenvalue weighted by atomic mass is 16.3. The molecule has 0 saturated carbocycles. The van der Waals surface area contributed by atoms with Gasteiger partial charge >= 0.3 is 0 Å². The van der Waals surface area contributed by atoms with E-state index in [1.165, 1.54) is 0 Å². The molecule has 2 aromatic rings. The van der Waals surface area contributed by atoms with E-state index in [0.29, 0.717) is 18.3 Å². The fourth-order valence-electron chi connectivity index (χ4n) is 2.98. The average Bonchev–Trinajstić information content (AvgIpc) is 2.50. The summed E-state index contributed by atoms with van der Waals surface area (Å²) in [4.78, 5) is 0. The van der Waals surface area contributed by atoms with E-state index < -0.39 is 0 Å². The topological polar surface area (TPSA) is 72.7 Å². The Morgan fingerprint density at radius 3 is 2.45 bits per heavy atom. The largest absolute Gasteiger partial charge is 0.508 e. The summed E-state index contributed by atoms with van der Waals surface area (Å²) in [5, 5.41) is 32.4. The van der Waals surface area contributed by atoms with Gasteiger partial charge in [0.2, 0.25) is 0 Å². The van der Waals surface area contributed by atoms with Gasteiger partial charge in [-0.2, -0.15) is 0 Å². The summed E-state index contributed by atoms with van der Waals surface area (Å²) in [5.74, 6) is 0.233. The highest BCUT2D eigenvalue weighted by Gasteiger charge is 2.20. The highest BCUT2D eigenvalue weighted by molar-refractivity contribution is 5.46. The van der Waals surface area contributed by atoms with E-state index in [4.69, 9.17) is 0 Å². The van der Waals surface area contributed by atoms with Gasteiger partial charge in [-0.25, -0.2) is 0 Å². The number of aryl methyl sites for hydroxylation is 2. The van der Waals surface area contributed by atoms with E-state index in [1.807, 2.05) is 19.1 Å². The third-order valence-electron chi connectivity index (χ3n) is 4.39. The SMILES string of the molecule is Cc1ccc(CNC2CCc3cc(O)c(O)cc3C2)cc1O. The minimum absolute atomic E-state index is 0.0414. The summed E-state index contributed by atoms with van der Waals surface area (Å²) >= 11 is 0. The molecule has 0 amide bonds. The molecular weight excluding hydrogens is 278 g/mol. The Hall–Kier alpha value is -2.20. The molecule has 4 N–H and O–H groups in total. The number of phenolic OH excluding ortho intramolecular Hbond substituents is 3. The smallest absolute Gasteiger partial charge is 0.157 e. The third-order valence-corrected chi connectivity index (χ3v) is 4.39. The number of aromatic hydroxyl groups is 3. The number of rotatable bonds is 3. The first kappa shape index (κ1) is 14.7. The summed E-state index contributed by atoms with van der Waals surface area (Å²) < 4.78 is 0. The number of hydrogen-bond acceptors (Lipinski definition) is 4. The lowest BCUT2D eigenvalue weighted by molar-refractivity contribution is 0.398. The zero-order valence-electron chi connectivity index (χ0n) is 12.6. The maximum absolute atomic E-state index is 9.74. The second kappa shape index (κ2) is 5.89. The monoisotopic (exact) mass is 299 g/mol. The van der Waals surface area contributed by atoms with Crippen LogP contribution in [0.3, 0.4) is 0 Å². The molecule has 1 atom stereocenters. The van der Waals surface area contributed by atoms with Crippen LogP contribution in [0.2, 0.25) is 0 Å². The Morgan fingerprint density at radius 1 is 1.00 bits per heavy atom. The Balaban J connectivity index is 1.65. The lowest BCUT2D eigenvalue weighted by atomic mass is 9.87. The minimum atomic E-state index is -0.0529. The molecule has 1 unspecified atom stereocenters. The van der Waals surface area contributed by atoms with E-state index in [2.05, 4.69) is 5.32 Å². The fraction of sp³-hybridized carbons (Fsp3) is 0.333. The van der Waals surface area contributed by atoms with Crippen LogP contribution < -0.4 is 5.32 Å². The summed E-state index contributed by atoms with van der Waals surface area (Å²) in [6, 6.07) is 9.39. The van der Waals surface area contributed by atoms with E-state index in [1.54, 1.807) is 18.2 Å². The van der Waals surface area contributed by atoms with Gasteiger partial charge in [0.25, 0.3) is 0 Å². The van der Waals surface area contributed by atoms with Crippen LogP contribution in [0.15, 0.2) is 30.3 Å². The van der Waals surface area contributed by atoms with Crippen molar-refractivity contribution in [3.8, 4) is 17.2 Å². The first-order valence-corrected chi connectivity index (χ1v) is 7.58. The molecule has 4 nitrogen and oxygen atoms in total. The molecule has 0 aromatic heterocycles. The molecule has 0 spiro atoms. The van der Waals surface area contributed by atoms with Crippen molar-refractivity contribution in [3.05, 3.63) is 52.6 Å². The standard InChI is InChI=1S/C18H21NO3/c1-11-2-3-12(6-16(11)20)10-19-15-5-4-13-8-17(21)18(22)9-14(13)7-15/h2-3,6,8-9,15,19-22H,4-5,7,10H2,1H3. The van der Waals surface area contributed by atoms with Crippen molar-refractivity contribution in [2.24, 2.45) is 0 Å². The average molecular weight is 299 g/mol. The van der Waals surface area contributed by atoms with E-state index in [9.17, 15) is 15.3 Å². The molecule has 3 rings (SSSR count). The van der Waals surface area contributed by atoms with Gasteiger partial charge < -0.3 is 20.6 Å². The summed E-state index contributed by atoms with van der Waals surface area (Å²) in [6.45, 7) is 2.59. The molecule has 4 heteroatoms. The van der Waals surface area contributed by atoms with Crippen molar-refractivity contribution in [3.63, 3.8) is 0 Å². The Morgan fingerprint density at radius 2 is 1.73 bits per heavy atom. The van der Waals surface area contributed by atoms with Gasteiger partial charge in [0.05, 0.1) is 0 Å². The van der Waals surface area contributed by atoms with Crippen LogP contribution in [0, 0.1) is 6.92 Å². The Bertz CT molecular complexity index is 697. The molecular formula is C18H21NO3. The minimum Gasteiger partial charge on any atom is -0.508 e. The van der Waals surface area contributed by atoms with Gasteiger partial charge in [-0.1, -0.05) is 12.1 Å². The maximum Gasteiger partial charge on any atom is 0.157 e. The molecule has 0 fully saturated rings. The molecule has 22 heavy (non-hydrogen) atoms. The summed E-state index contributed by atoms with van der Waals surface area (Å²) in [5.41, 5.74) is 4.14. The van der Waals surface area contributed by atoms with Crippen molar-refractivity contribution < 1.29 is 15.3 Å². The molecule has 116 valence electrons. The van der Waals surface area contributed by atoms with Crippen LogP contribution in [-0.2, 0) is 19.4 Å². The van der Waals surface area contributed by atoms with Crippen molar-refractivity contribution >= 4 is 0 Å². The molecule has 0 saturated heterocycles. The van der Waals surface area contributed by atoms with Gasteiger partial charge in [0.15, 0.2) is 11.5 Å². The lowest BCUT2D eigenvalue weighted by Crippen LogP contribution is -2.34. The summed E-state index contributed by atoms with van der Waals surface area (Å²) in [7, 11) is 0. The quantitative estimate of drug-likeness (QED) is 0.658. The molecule has 0 aliphatic heterocycles. The van der Waals surface area contributed by atoms with Crippen LogP contribution in [0.5, 0.6) is 17.2 Å². The van der Waals surface area contributed by atoms with Gasteiger partial charge in [-0.15, -0.1) is 0 Å². The molecule has 1 aliphatic rings. The van der Waals surface area contributed by atoms with E-state index in [-0.39, 0.29) is 11.5 Å². The second-order valence-electron chi connectivity index (χ2n) is 6.05. The normalized spacial score (nSPS) is 17.2. The molecule has 2 aromatic carbocycles. The van der Waals surface area contributed by atoms with Crippen LogP contribution in [0.4, 0.5) is 0 Å². The highest BCUT2D eigenvalue weighted by Crippen LogP contribution is 2.32. The predicted molar refractivity (Wildman–Crippen MR) is 85.3 cm³/mol. The van der Waals surface area contributed by atoms with Crippen LogP contribution in [-0.4, -0.2) is 21.4 Å². The van der Waals surface area contributed by atoms with Gasteiger partial charge in [-0.05, 0) is 66.6 Å². The first-order valence-electron chi connectivity index (χ1n) is 7.58. The number of hydrogen-bond donors (Lipinski definition) is 4. The zero-order chi connectivity index (χ0) is 15.7. The lowest BCUT2D eigenvalue weighted by Gasteiger charge is -2.26. The maximum atomic E-state index is 9.74.